The number of anilines is 2. The summed E-state index contributed by atoms with van der Waals surface area (Å²) in [6, 6.07) is 13.3. The third kappa shape index (κ3) is 4.16. The fourth-order valence-corrected chi connectivity index (χ4v) is 3.59. The molecule has 1 saturated heterocycles. The van der Waals surface area contributed by atoms with Gasteiger partial charge in [0, 0.05) is 66.3 Å². The van der Waals surface area contributed by atoms with Crippen LogP contribution in [0.2, 0.25) is 5.02 Å². The minimum absolute atomic E-state index is 0.339. The van der Waals surface area contributed by atoms with Crippen LogP contribution < -0.4 is 5.32 Å². The summed E-state index contributed by atoms with van der Waals surface area (Å²) in [6.45, 7) is 4.91. The van der Waals surface area contributed by atoms with Crippen molar-refractivity contribution in [1.82, 2.24) is 14.8 Å². The molecule has 1 aromatic heterocycles. The number of aromatic hydroxyl groups is 1. The van der Waals surface area contributed by atoms with Gasteiger partial charge >= 0.3 is 0 Å². The fourth-order valence-electron chi connectivity index (χ4n) is 3.42. The van der Waals surface area contributed by atoms with Gasteiger partial charge in [-0.15, -0.1) is 0 Å². The molecule has 2 aromatic carbocycles. The first-order valence-electron chi connectivity index (χ1n) is 9.12. The molecule has 1 aliphatic rings. The molecule has 0 spiro atoms. The van der Waals surface area contributed by atoms with Crippen LogP contribution in [0.15, 0.2) is 48.7 Å². The van der Waals surface area contributed by atoms with Crippen molar-refractivity contribution >= 4 is 33.9 Å². The third-order valence-electron chi connectivity index (χ3n) is 5.05. The smallest absolute Gasteiger partial charge is 0.120 e. The summed E-state index contributed by atoms with van der Waals surface area (Å²) in [5.74, 6) is 0.339. The van der Waals surface area contributed by atoms with E-state index in [0.29, 0.717) is 10.8 Å². The lowest BCUT2D eigenvalue weighted by Crippen LogP contribution is -2.43. The molecule has 5 nitrogen and oxygen atoms in total. The highest BCUT2D eigenvalue weighted by Crippen LogP contribution is 2.29. The predicted octanol–water partition coefficient (Wildman–Crippen LogP) is 4.08. The number of hydrogen-bond acceptors (Lipinski definition) is 5. The molecule has 1 fully saturated rings. The highest BCUT2D eigenvalue weighted by Gasteiger charge is 2.16. The van der Waals surface area contributed by atoms with E-state index >= 15 is 0 Å². The Balaban J connectivity index is 1.56. The molecule has 6 heteroatoms. The number of aromatic nitrogens is 1. The molecule has 0 atom stereocenters. The van der Waals surface area contributed by atoms with Crippen molar-refractivity contribution in [3.05, 3.63) is 59.2 Å². The van der Waals surface area contributed by atoms with Gasteiger partial charge in [0.2, 0.25) is 0 Å². The average molecular weight is 383 g/mol. The second-order valence-electron chi connectivity index (χ2n) is 7.07. The second-order valence-corrected chi connectivity index (χ2v) is 7.50. The quantitative estimate of drug-likeness (QED) is 0.666. The minimum atomic E-state index is 0.339. The lowest BCUT2D eigenvalue weighted by atomic mass is 10.1. The van der Waals surface area contributed by atoms with Crippen molar-refractivity contribution in [3.8, 4) is 5.75 Å². The molecule has 4 rings (SSSR count). The summed E-state index contributed by atoms with van der Waals surface area (Å²) < 4.78 is 0. The highest BCUT2D eigenvalue weighted by molar-refractivity contribution is 6.31. The van der Waals surface area contributed by atoms with Gasteiger partial charge in [-0.05, 0) is 49.5 Å². The van der Waals surface area contributed by atoms with Gasteiger partial charge < -0.3 is 15.3 Å². The molecule has 1 aliphatic heterocycles. The van der Waals surface area contributed by atoms with Crippen molar-refractivity contribution in [3.63, 3.8) is 0 Å². The number of nitrogens with zero attached hydrogens (tertiary/aromatic N) is 3. The Kier molecular flexibility index (Phi) is 5.16. The van der Waals surface area contributed by atoms with E-state index < -0.39 is 0 Å². The number of phenolic OH excluding ortho intramolecular Hbond substituents is 1. The van der Waals surface area contributed by atoms with E-state index in [1.54, 1.807) is 12.3 Å². The first-order chi connectivity index (χ1) is 13.1. The molecular weight excluding hydrogens is 360 g/mol. The molecule has 0 saturated carbocycles. The maximum Gasteiger partial charge on any atom is 0.120 e. The van der Waals surface area contributed by atoms with Gasteiger partial charge in [0.15, 0.2) is 0 Å². The van der Waals surface area contributed by atoms with E-state index in [1.807, 2.05) is 36.4 Å². The summed E-state index contributed by atoms with van der Waals surface area (Å²) in [5.41, 5.74) is 3.70. The number of halogens is 1. The Morgan fingerprint density at radius 1 is 1.07 bits per heavy atom. The van der Waals surface area contributed by atoms with E-state index in [1.165, 1.54) is 0 Å². The Morgan fingerprint density at radius 2 is 1.89 bits per heavy atom. The lowest BCUT2D eigenvalue weighted by molar-refractivity contribution is 0.147. The molecule has 0 aliphatic carbocycles. The van der Waals surface area contributed by atoms with Crippen LogP contribution in [0.25, 0.3) is 10.9 Å². The predicted molar refractivity (Wildman–Crippen MR) is 111 cm³/mol. The van der Waals surface area contributed by atoms with E-state index in [-0.39, 0.29) is 0 Å². The number of rotatable bonds is 4. The van der Waals surface area contributed by atoms with E-state index in [0.717, 1.165) is 60.6 Å². The van der Waals surface area contributed by atoms with Gasteiger partial charge in [0.1, 0.15) is 5.75 Å². The number of pyridine rings is 1. The maximum absolute atomic E-state index is 10.3. The van der Waals surface area contributed by atoms with Crippen LogP contribution >= 0.6 is 11.6 Å². The van der Waals surface area contributed by atoms with E-state index in [4.69, 9.17) is 11.6 Å². The molecule has 3 aromatic rings. The van der Waals surface area contributed by atoms with Crippen LogP contribution in [0.4, 0.5) is 11.4 Å². The molecule has 27 heavy (non-hydrogen) atoms. The molecule has 2 N–H and O–H groups in total. The lowest BCUT2D eigenvalue weighted by Gasteiger charge is -2.32. The molecule has 0 bridgehead atoms. The summed E-state index contributed by atoms with van der Waals surface area (Å²) >= 11 is 6.08. The van der Waals surface area contributed by atoms with E-state index in [9.17, 15) is 5.11 Å². The summed E-state index contributed by atoms with van der Waals surface area (Å²) in [5, 5.41) is 15.4. The Hall–Kier alpha value is -2.34. The number of benzene rings is 2. The number of fused-ring (bicyclic) bond motifs is 1. The number of nitrogens with one attached hydrogen (secondary N) is 1. The zero-order chi connectivity index (χ0) is 18.8. The van der Waals surface area contributed by atoms with Crippen molar-refractivity contribution in [2.45, 2.75) is 6.54 Å². The van der Waals surface area contributed by atoms with Gasteiger partial charge in [0.25, 0.3) is 0 Å². The summed E-state index contributed by atoms with van der Waals surface area (Å²) in [6.07, 6.45) is 1.77. The Labute approximate surface area is 164 Å². The van der Waals surface area contributed by atoms with E-state index in [2.05, 4.69) is 27.1 Å². The van der Waals surface area contributed by atoms with Crippen molar-refractivity contribution in [1.29, 1.82) is 0 Å². The molecule has 140 valence electrons. The van der Waals surface area contributed by atoms with Gasteiger partial charge in [-0.1, -0.05) is 11.6 Å². The standard InChI is InChI=1S/C21H23ClN4O/c1-25-8-10-26(11-9-25)14-15-12-17(3-5-21(15)27)24-19-6-7-23-20-13-16(22)2-4-18(19)20/h2-7,12-13,27H,8-11,14H2,1H3,(H,23,24). The van der Waals surface area contributed by atoms with Crippen LogP contribution in [-0.4, -0.2) is 53.1 Å². The Morgan fingerprint density at radius 3 is 2.70 bits per heavy atom. The van der Waals surface area contributed by atoms with Crippen LogP contribution in [0.3, 0.4) is 0 Å². The summed E-state index contributed by atoms with van der Waals surface area (Å²) in [4.78, 5) is 9.09. The van der Waals surface area contributed by atoms with Gasteiger partial charge in [-0.25, -0.2) is 0 Å². The average Bonchev–Trinajstić information content (AvgIpc) is 2.66. The van der Waals surface area contributed by atoms with Crippen molar-refractivity contribution in [2.75, 3.05) is 38.5 Å². The van der Waals surface area contributed by atoms with Crippen LogP contribution in [0, 0.1) is 0 Å². The SMILES string of the molecule is CN1CCN(Cc2cc(Nc3ccnc4cc(Cl)ccc34)ccc2O)CC1. The number of hydrogen-bond donors (Lipinski definition) is 2. The summed E-state index contributed by atoms with van der Waals surface area (Å²) in [7, 11) is 2.14. The third-order valence-corrected chi connectivity index (χ3v) is 5.29. The molecule has 0 unspecified atom stereocenters. The molecule has 0 radical (unpaired) electrons. The number of phenols is 1. The number of likely N-dealkylation sites (N-methyl/N-ethyl adjacent to an activating group) is 1. The fraction of sp³-hybridized carbons (Fsp3) is 0.286. The second kappa shape index (κ2) is 7.72. The van der Waals surface area contributed by atoms with Crippen LogP contribution in [-0.2, 0) is 6.54 Å². The zero-order valence-corrected chi connectivity index (χ0v) is 16.1. The first kappa shape index (κ1) is 18.0. The topological polar surface area (TPSA) is 51.6 Å². The first-order valence-corrected chi connectivity index (χ1v) is 9.50. The van der Waals surface area contributed by atoms with Crippen LogP contribution in [0.1, 0.15) is 5.56 Å². The minimum Gasteiger partial charge on any atom is -0.508 e. The van der Waals surface area contributed by atoms with Crippen LogP contribution in [0.5, 0.6) is 5.75 Å². The van der Waals surface area contributed by atoms with Crippen molar-refractivity contribution < 1.29 is 5.11 Å². The normalized spacial score (nSPS) is 15.9. The molecular formula is C21H23ClN4O. The van der Waals surface area contributed by atoms with Gasteiger partial charge in [0.05, 0.1) is 5.52 Å². The highest BCUT2D eigenvalue weighted by atomic mass is 35.5. The monoisotopic (exact) mass is 382 g/mol. The Bertz CT molecular complexity index is 954. The van der Waals surface area contributed by atoms with Crippen molar-refractivity contribution in [2.24, 2.45) is 0 Å². The molecule has 0 amide bonds. The molecule has 2 heterocycles. The number of piperazine rings is 1. The maximum atomic E-state index is 10.3. The van der Waals surface area contributed by atoms with Gasteiger partial charge in [-0.2, -0.15) is 0 Å². The largest absolute Gasteiger partial charge is 0.508 e. The zero-order valence-electron chi connectivity index (χ0n) is 15.3. The van der Waals surface area contributed by atoms with Gasteiger partial charge in [-0.3, -0.25) is 9.88 Å².